The van der Waals surface area contributed by atoms with Gasteiger partial charge in [0.1, 0.15) is 0 Å². The van der Waals surface area contributed by atoms with E-state index in [1.54, 1.807) is 0 Å². The first kappa shape index (κ1) is 13.1. The molecule has 1 aromatic heterocycles. The summed E-state index contributed by atoms with van der Waals surface area (Å²) in [6, 6.07) is 0. The zero-order chi connectivity index (χ0) is 10.4. The summed E-state index contributed by atoms with van der Waals surface area (Å²) in [5.74, 6) is 0. The Morgan fingerprint density at radius 1 is 0.846 bits per heavy atom. The molecule has 1 heterocycles. The molecule has 0 aromatic carbocycles. The zero-order valence-corrected chi connectivity index (χ0v) is 9.54. The average Bonchev–Trinajstić information content (AvgIpc) is 1.80. The molecule has 0 N–H and O–H groups in total. The van der Waals surface area contributed by atoms with E-state index in [4.69, 9.17) is 43.2 Å². The molecule has 0 aliphatic carbocycles. The van der Waals surface area contributed by atoms with Crippen LogP contribution in [0.25, 0.3) is 0 Å². The number of thiol groups is 1. The van der Waals surface area contributed by atoms with Crippen molar-refractivity contribution in [2.45, 2.75) is 0 Å². The molecule has 0 amide bonds. The second-order valence-corrected chi connectivity index (χ2v) is 3.62. The molecule has 13 heavy (non-hydrogen) atoms. The van der Waals surface area contributed by atoms with Crippen molar-refractivity contribution in [1.82, 2.24) is 15.0 Å². The van der Waals surface area contributed by atoms with Crippen LogP contribution in [0.5, 0.6) is 0 Å². The summed E-state index contributed by atoms with van der Waals surface area (Å²) in [6.45, 7) is 0. The number of nitrogens with zero attached hydrogens (tertiary/aromatic N) is 3. The first-order chi connectivity index (χ1) is 5.91. The highest BCUT2D eigenvalue weighted by atomic mass is 35.7. The SMILES string of the molecule is Clc1nc(Cl)nc(Cl)n1.O=[SH](=O)Cl. The fourth-order valence-corrected chi connectivity index (χ4v) is 0.913. The van der Waals surface area contributed by atoms with Gasteiger partial charge in [-0.15, -0.1) is 0 Å². The Morgan fingerprint density at radius 2 is 1.00 bits per heavy atom. The minimum Gasteiger partial charge on any atom is -0.215 e. The van der Waals surface area contributed by atoms with Crippen LogP contribution in [0.15, 0.2) is 0 Å². The summed E-state index contributed by atoms with van der Waals surface area (Å²) in [5, 5.41) is 0.00000000000000178. The summed E-state index contributed by atoms with van der Waals surface area (Å²) < 4.78 is 17.6. The van der Waals surface area contributed by atoms with Gasteiger partial charge in [-0.1, -0.05) is 0 Å². The molecule has 10 heteroatoms. The maximum Gasteiger partial charge on any atom is 0.227 e. The molecule has 1 aromatic rings. The van der Waals surface area contributed by atoms with Crippen LogP contribution in [0.4, 0.5) is 0 Å². The Bertz CT molecular complexity index is 298. The summed E-state index contributed by atoms with van der Waals surface area (Å²) in [5.41, 5.74) is 0. The van der Waals surface area contributed by atoms with Crippen molar-refractivity contribution in [3.8, 4) is 0 Å². The molecule has 0 atom stereocenters. The summed E-state index contributed by atoms with van der Waals surface area (Å²) in [4.78, 5) is 10.4. The topological polar surface area (TPSA) is 72.8 Å². The van der Waals surface area contributed by atoms with Crippen molar-refractivity contribution >= 4 is 55.4 Å². The van der Waals surface area contributed by atoms with Crippen LogP contribution in [0.3, 0.4) is 0 Å². The molecule has 0 saturated heterocycles. The third-order valence-corrected chi connectivity index (χ3v) is 1.06. The van der Waals surface area contributed by atoms with Gasteiger partial charge >= 0.3 is 0 Å². The molecule has 0 spiro atoms. The minimum atomic E-state index is -2.65. The quantitative estimate of drug-likeness (QED) is 0.578. The molecule has 0 unspecified atom stereocenters. The molecule has 0 radical (unpaired) electrons. The van der Waals surface area contributed by atoms with E-state index in [1.165, 1.54) is 0 Å². The molecule has 74 valence electrons. The molecule has 5 nitrogen and oxygen atoms in total. The molecular weight excluding hydrogens is 284 g/mol. The normalized spacial score (nSPS) is 9.31. The zero-order valence-electron chi connectivity index (χ0n) is 5.62. The highest BCUT2D eigenvalue weighted by Gasteiger charge is 1.97. The van der Waals surface area contributed by atoms with Gasteiger partial charge in [0.15, 0.2) is 0 Å². The second-order valence-electron chi connectivity index (χ2n) is 1.36. The monoisotopic (exact) mass is 283 g/mol. The van der Waals surface area contributed by atoms with Gasteiger partial charge < -0.3 is 0 Å². The van der Waals surface area contributed by atoms with E-state index in [1.807, 2.05) is 0 Å². The van der Waals surface area contributed by atoms with Crippen LogP contribution in [-0.4, -0.2) is 23.4 Å². The van der Waals surface area contributed by atoms with E-state index >= 15 is 0 Å². The number of hydrogen-bond donors (Lipinski definition) is 1. The van der Waals surface area contributed by atoms with Gasteiger partial charge in [0.05, 0.1) is 0 Å². The standard InChI is InChI=1S/C3Cl3N3.ClHO2S/c4-1-7-2(5)9-3(6)8-1;1-4(2)3/h;4H. The Morgan fingerprint density at radius 3 is 1.15 bits per heavy atom. The lowest BCUT2D eigenvalue weighted by atomic mass is 11.1. The highest BCUT2D eigenvalue weighted by Crippen LogP contribution is 2.08. The minimum absolute atomic E-state index is 0.000000000000000444. The van der Waals surface area contributed by atoms with Crippen molar-refractivity contribution in [2.75, 3.05) is 0 Å². The lowest BCUT2D eigenvalue weighted by Gasteiger charge is -1.88. The fourth-order valence-electron chi connectivity index (χ4n) is 0.303. The van der Waals surface area contributed by atoms with Crippen molar-refractivity contribution in [2.24, 2.45) is 0 Å². The summed E-state index contributed by atoms with van der Waals surface area (Å²) in [7, 11) is 1.58. The van der Waals surface area contributed by atoms with Gasteiger partial charge in [-0.05, 0) is 34.8 Å². The maximum atomic E-state index is 8.80. The number of rotatable bonds is 0. The van der Waals surface area contributed by atoms with Crippen LogP contribution in [-0.2, 0) is 9.92 Å². The smallest absolute Gasteiger partial charge is 0.215 e. The van der Waals surface area contributed by atoms with Crippen LogP contribution >= 0.6 is 45.5 Å². The average molecular weight is 285 g/mol. The van der Waals surface area contributed by atoms with Gasteiger partial charge in [0.25, 0.3) is 0 Å². The van der Waals surface area contributed by atoms with Crippen LogP contribution in [0.1, 0.15) is 0 Å². The Hall–Kier alpha value is 0.120. The molecule has 0 bridgehead atoms. The third kappa shape index (κ3) is 8.45. The second kappa shape index (κ2) is 6.56. The van der Waals surface area contributed by atoms with Gasteiger partial charge in [-0.2, -0.15) is 15.0 Å². The molecule has 0 saturated carbocycles. The van der Waals surface area contributed by atoms with Crippen LogP contribution in [0.2, 0.25) is 15.9 Å². The molecular formula is C3HCl4N3O2S. The third-order valence-electron chi connectivity index (χ3n) is 0.554. The molecule has 0 aliphatic rings. The van der Waals surface area contributed by atoms with Gasteiger partial charge in [-0.3, -0.25) is 0 Å². The van der Waals surface area contributed by atoms with Gasteiger partial charge in [0.2, 0.25) is 25.8 Å². The first-order valence-corrected chi connectivity index (χ1v) is 5.66. The fraction of sp³-hybridized carbons (Fsp3) is 0. The Balaban J connectivity index is 0.000000310. The molecule has 1 rings (SSSR count). The lowest BCUT2D eigenvalue weighted by Crippen LogP contribution is -1.87. The number of aromatic nitrogens is 3. The summed E-state index contributed by atoms with van der Waals surface area (Å²) >= 11 is 16.0. The van der Waals surface area contributed by atoms with Crippen molar-refractivity contribution in [3.05, 3.63) is 15.9 Å². The Kier molecular flexibility index (Phi) is 6.62. The summed E-state index contributed by atoms with van der Waals surface area (Å²) in [6.07, 6.45) is 0. The number of halogens is 4. The predicted octanol–water partition coefficient (Wildman–Crippen LogP) is 1.58. The predicted molar refractivity (Wildman–Crippen MR) is 51.0 cm³/mol. The van der Waals surface area contributed by atoms with E-state index in [0.717, 1.165) is 0 Å². The molecule has 0 aliphatic heterocycles. The molecule has 0 fully saturated rings. The van der Waals surface area contributed by atoms with Crippen molar-refractivity contribution in [3.63, 3.8) is 0 Å². The van der Waals surface area contributed by atoms with Crippen molar-refractivity contribution < 1.29 is 8.42 Å². The lowest BCUT2D eigenvalue weighted by molar-refractivity contribution is 0.626. The Labute approximate surface area is 94.5 Å². The maximum absolute atomic E-state index is 8.80. The largest absolute Gasteiger partial charge is 0.227 e. The van der Waals surface area contributed by atoms with E-state index in [9.17, 15) is 0 Å². The highest BCUT2D eigenvalue weighted by molar-refractivity contribution is 7.98. The van der Waals surface area contributed by atoms with Gasteiger partial charge in [0, 0.05) is 10.7 Å². The van der Waals surface area contributed by atoms with E-state index in [2.05, 4.69) is 25.6 Å². The first-order valence-electron chi connectivity index (χ1n) is 2.44. The van der Waals surface area contributed by atoms with E-state index in [-0.39, 0.29) is 15.9 Å². The van der Waals surface area contributed by atoms with E-state index < -0.39 is 9.92 Å². The van der Waals surface area contributed by atoms with Crippen molar-refractivity contribution in [1.29, 1.82) is 0 Å². The van der Waals surface area contributed by atoms with E-state index in [0.29, 0.717) is 0 Å². The van der Waals surface area contributed by atoms with Gasteiger partial charge in [-0.25, -0.2) is 8.42 Å². The van der Waals surface area contributed by atoms with Crippen LogP contribution < -0.4 is 0 Å². The van der Waals surface area contributed by atoms with Crippen LogP contribution in [0, 0.1) is 0 Å². The number of hydrogen-bond acceptors (Lipinski definition) is 5.